The summed E-state index contributed by atoms with van der Waals surface area (Å²) in [5.74, 6) is 0.645. The predicted molar refractivity (Wildman–Crippen MR) is 92.3 cm³/mol. The van der Waals surface area contributed by atoms with Crippen molar-refractivity contribution in [3.05, 3.63) is 28.2 Å². The fourth-order valence-corrected chi connectivity index (χ4v) is 4.47. The minimum absolute atomic E-state index is 0.00530. The molecule has 0 aliphatic carbocycles. The second-order valence-corrected chi connectivity index (χ2v) is 9.26. The van der Waals surface area contributed by atoms with E-state index in [9.17, 15) is 13.2 Å². The van der Waals surface area contributed by atoms with E-state index in [2.05, 4.69) is 15.9 Å². The smallest absolute Gasteiger partial charge is 0.264 e. The standard InChI is InChI=1S/C16H20BrNO5S/c1-16(2)15(23-24(3,20)21)14(18-8-4-5-13(18)19)11-9-10(17)6-7-12(11)22-16/h6-7,9,14-15H,4-5,8H2,1-3H3/t14-,15+/m1/s1. The number of nitrogens with zero attached hydrogens (tertiary/aromatic N) is 1. The third-order valence-corrected chi connectivity index (χ3v) is 5.41. The second kappa shape index (κ2) is 6.00. The van der Waals surface area contributed by atoms with E-state index in [1.54, 1.807) is 18.7 Å². The molecule has 1 aromatic rings. The maximum absolute atomic E-state index is 12.4. The first-order chi connectivity index (χ1) is 11.1. The molecule has 0 bridgehead atoms. The Labute approximate surface area is 150 Å². The molecule has 2 aliphatic rings. The van der Waals surface area contributed by atoms with E-state index in [-0.39, 0.29) is 5.91 Å². The van der Waals surface area contributed by atoms with Crippen molar-refractivity contribution in [3.8, 4) is 5.75 Å². The number of ether oxygens (including phenoxy) is 1. The number of benzene rings is 1. The summed E-state index contributed by atoms with van der Waals surface area (Å²) in [5, 5.41) is 0. The van der Waals surface area contributed by atoms with Crippen molar-refractivity contribution in [2.75, 3.05) is 12.8 Å². The van der Waals surface area contributed by atoms with Crippen LogP contribution in [0.15, 0.2) is 22.7 Å². The summed E-state index contributed by atoms with van der Waals surface area (Å²) in [4.78, 5) is 14.1. The maximum atomic E-state index is 12.4. The molecule has 1 fully saturated rings. The third kappa shape index (κ3) is 3.32. The largest absolute Gasteiger partial charge is 0.485 e. The number of carbonyl (C=O) groups is 1. The summed E-state index contributed by atoms with van der Waals surface area (Å²) in [7, 11) is -3.72. The van der Waals surface area contributed by atoms with Crippen LogP contribution in [0.25, 0.3) is 0 Å². The van der Waals surface area contributed by atoms with Gasteiger partial charge in [-0.2, -0.15) is 8.42 Å². The van der Waals surface area contributed by atoms with Gasteiger partial charge in [0.25, 0.3) is 10.1 Å². The van der Waals surface area contributed by atoms with Gasteiger partial charge in [0.1, 0.15) is 17.5 Å². The van der Waals surface area contributed by atoms with Crippen LogP contribution in [0.1, 0.15) is 38.3 Å². The van der Waals surface area contributed by atoms with Gasteiger partial charge in [0, 0.05) is 23.0 Å². The zero-order valence-electron chi connectivity index (χ0n) is 13.8. The molecule has 24 heavy (non-hydrogen) atoms. The summed E-state index contributed by atoms with van der Waals surface area (Å²) in [6.45, 7) is 4.14. The number of hydrogen-bond acceptors (Lipinski definition) is 5. The normalized spacial score (nSPS) is 26.2. The first-order valence-corrected chi connectivity index (χ1v) is 10.4. The lowest BCUT2D eigenvalue weighted by Gasteiger charge is -2.46. The van der Waals surface area contributed by atoms with Crippen LogP contribution >= 0.6 is 15.9 Å². The molecule has 2 atom stereocenters. The Hall–Kier alpha value is -1.12. The fourth-order valence-electron chi connectivity index (χ4n) is 3.38. The quantitative estimate of drug-likeness (QED) is 0.706. The van der Waals surface area contributed by atoms with Crippen molar-refractivity contribution in [1.82, 2.24) is 4.90 Å². The number of hydrogen-bond donors (Lipinski definition) is 0. The summed E-state index contributed by atoms with van der Waals surface area (Å²) in [6, 6.07) is 5.03. The molecule has 0 saturated carbocycles. The predicted octanol–water partition coefficient (Wildman–Crippen LogP) is 2.63. The lowest BCUT2D eigenvalue weighted by atomic mass is 9.85. The molecule has 2 heterocycles. The van der Waals surface area contributed by atoms with E-state index < -0.39 is 27.9 Å². The first-order valence-electron chi connectivity index (χ1n) is 7.75. The minimum Gasteiger partial charge on any atom is -0.485 e. The van der Waals surface area contributed by atoms with Crippen LogP contribution in [0, 0.1) is 0 Å². The zero-order chi connectivity index (χ0) is 17.7. The topological polar surface area (TPSA) is 72.9 Å². The van der Waals surface area contributed by atoms with Crippen molar-refractivity contribution in [1.29, 1.82) is 0 Å². The van der Waals surface area contributed by atoms with E-state index in [1.807, 2.05) is 18.2 Å². The molecule has 0 unspecified atom stereocenters. The zero-order valence-corrected chi connectivity index (χ0v) is 16.2. The molecule has 1 aromatic carbocycles. The van der Waals surface area contributed by atoms with Gasteiger partial charge in [-0.05, 0) is 38.5 Å². The molecule has 0 radical (unpaired) electrons. The highest BCUT2D eigenvalue weighted by Gasteiger charge is 2.50. The second-order valence-electron chi connectivity index (χ2n) is 6.74. The van der Waals surface area contributed by atoms with Gasteiger partial charge in [0.05, 0.1) is 12.3 Å². The number of fused-ring (bicyclic) bond motifs is 1. The number of rotatable bonds is 3. The van der Waals surface area contributed by atoms with Gasteiger partial charge in [-0.1, -0.05) is 15.9 Å². The van der Waals surface area contributed by atoms with Gasteiger partial charge in [-0.3, -0.25) is 8.98 Å². The van der Waals surface area contributed by atoms with Crippen molar-refractivity contribution >= 4 is 32.0 Å². The van der Waals surface area contributed by atoms with Crippen LogP contribution in [-0.2, 0) is 19.1 Å². The van der Waals surface area contributed by atoms with E-state index in [0.29, 0.717) is 18.7 Å². The van der Waals surface area contributed by atoms with Crippen molar-refractivity contribution in [3.63, 3.8) is 0 Å². The van der Waals surface area contributed by atoms with E-state index >= 15 is 0 Å². The van der Waals surface area contributed by atoms with Crippen LogP contribution in [0.4, 0.5) is 0 Å². The van der Waals surface area contributed by atoms with Crippen molar-refractivity contribution in [2.45, 2.75) is 44.4 Å². The number of carbonyl (C=O) groups excluding carboxylic acids is 1. The highest BCUT2D eigenvalue weighted by molar-refractivity contribution is 9.10. The van der Waals surface area contributed by atoms with Crippen molar-refractivity contribution in [2.24, 2.45) is 0 Å². The Balaban J connectivity index is 2.15. The molecule has 8 heteroatoms. The molecule has 0 spiro atoms. The fraction of sp³-hybridized carbons (Fsp3) is 0.562. The van der Waals surface area contributed by atoms with Crippen LogP contribution in [0.2, 0.25) is 0 Å². The number of amides is 1. The van der Waals surface area contributed by atoms with Crippen LogP contribution in [0.3, 0.4) is 0 Å². The molecular weight excluding hydrogens is 398 g/mol. The number of halogens is 1. The molecule has 0 N–H and O–H groups in total. The van der Waals surface area contributed by atoms with Crippen molar-refractivity contribution < 1.29 is 22.1 Å². The lowest BCUT2D eigenvalue weighted by molar-refractivity contribution is -0.137. The highest BCUT2D eigenvalue weighted by Crippen LogP contribution is 2.46. The maximum Gasteiger partial charge on any atom is 0.264 e. The van der Waals surface area contributed by atoms with Crippen LogP contribution < -0.4 is 4.74 Å². The van der Waals surface area contributed by atoms with Gasteiger partial charge in [0.2, 0.25) is 5.91 Å². The molecular formula is C16H20BrNO5S. The molecule has 0 aromatic heterocycles. The average molecular weight is 418 g/mol. The SMILES string of the molecule is CC1(C)Oc2ccc(Br)cc2[C@@H](N2CCCC2=O)[C@@H]1OS(C)(=O)=O. The van der Waals surface area contributed by atoms with Gasteiger partial charge >= 0.3 is 0 Å². The lowest BCUT2D eigenvalue weighted by Crippen LogP contribution is -2.55. The summed E-state index contributed by atoms with van der Waals surface area (Å²) >= 11 is 3.43. The van der Waals surface area contributed by atoms with Gasteiger partial charge < -0.3 is 9.64 Å². The van der Waals surface area contributed by atoms with Gasteiger partial charge in [0.15, 0.2) is 0 Å². The highest BCUT2D eigenvalue weighted by atomic mass is 79.9. The molecule has 2 aliphatic heterocycles. The van der Waals surface area contributed by atoms with Gasteiger partial charge in [-0.25, -0.2) is 0 Å². The Morgan fingerprint density at radius 1 is 1.38 bits per heavy atom. The summed E-state index contributed by atoms with van der Waals surface area (Å²) < 4.78 is 35.9. The minimum atomic E-state index is -3.72. The monoisotopic (exact) mass is 417 g/mol. The third-order valence-electron chi connectivity index (χ3n) is 4.36. The molecule has 6 nitrogen and oxygen atoms in total. The average Bonchev–Trinajstić information content (AvgIpc) is 2.85. The molecule has 132 valence electrons. The number of likely N-dealkylation sites (tertiary alicyclic amines) is 1. The van der Waals surface area contributed by atoms with E-state index in [4.69, 9.17) is 8.92 Å². The Morgan fingerprint density at radius 2 is 2.08 bits per heavy atom. The Morgan fingerprint density at radius 3 is 2.67 bits per heavy atom. The summed E-state index contributed by atoms with van der Waals surface area (Å²) in [5.41, 5.74) is -0.148. The molecule has 3 rings (SSSR count). The molecule has 1 amide bonds. The molecule has 1 saturated heterocycles. The Kier molecular flexibility index (Phi) is 4.42. The first kappa shape index (κ1) is 17.7. The van der Waals surface area contributed by atoms with E-state index in [0.717, 1.165) is 22.7 Å². The summed E-state index contributed by atoms with van der Waals surface area (Å²) in [6.07, 6.45) is 1.41. The van der Waals surface area contributed by atoms with Crippen LogP contribution in [0.5, 0.6) is 5.75 Å². The van der Waals surface area contributed by atoms with Gasteiger partial charge in [-0.15, -0.1) is 0 Å². The van der Waals surface area contributed by atoms with Crippen LogP contribution in [-0.4, -0.2) is 43.7 Å². The Bertz CT molecular complexity index is 777. The van der Waals surface area contributed by atoms with E-state index in [1.165, 1.54) is 0 Å².